The lowest BCUT2D eigenvalue weighted by molar-refractivity contribution is -0.134. The highest BCUT2D eigenvalue weighted by Crippen LogP contribution is 2.26. The number of aryl methyl sites for hydroxylation is 2. The molecule has 0 aliphatic carbocycles. The van der Waals surface area contributed by atoms with Crippen LogP contribution in [0.3, 0.4) is 0 Å². The van der Waals surface area contributed by atoms with Gasteiger partial charge in [0.2, 0.25) is 0 Å². The van der Waals surface area contributed by atoms with Crippen molar-refractivity contribution in [2.24, 2.45) is 5.73 Å². The topological polar surface area (TPSA) is 75.9 Å². The van der Waals surface area contributed by atoms with Gasteiger partial charge < -0.3 is 20.3 Å². The Kier molecular flexibility index (Phi) is 8.13. The molecule has 0 radical (unpaired) electrons. The Labute approximate surface area is 173 Å². The molecule has 0 spiro atoms. The number of nitrogens with two attached hydrogens (primary N) is 1. The Balaban J connectivity index is 0.00000280. The van der Waals surface area contributed by atoms with Gasteiger partial charge in [-0.05, 0) is 69.2 Å². The van der Waals surface area contributed by atoms with Crippen LogP contribution in [-0.2, 0) is 4.79 Å². The summed E-state index contributed by atoms with van der Waals surface area (Å²) in [4.78, 5) is 28.9. The summed E-state index contributed by atoms with van der Waals surface area (Å²) < 4.78 is 5.84. The molecule has 2 fully saturated rings. The Morgan fingerprint density at radius 1 is 1.04 bits per heavy atom. The summed E-state index contributed by atoms with van der Waals surface area (Å²) in [5.74, 6) is 0.760. The zero-order valence-electron chi connectivity index (χ0n) is 16.9. The van der Waals surface area contributed by atoms with E-state index >= 15 is 0 Å². The van der Waals surface area contributed by atoms with E-state index in [1.165, 1.54) is 6.42 Å². The van der Waals surface area contributed by atoms with Gasteiger partial charge in [0.1, 0.15) is 5.75 Å². The Morgan fingerprint density at radius 2 is 1.64 bits per heavy atom. The number of ether oxygens (including phenoxy) is 1. The summed E-state index contributed by atoms with van der Waals surface area (Å²) in [6.45, 7) is 6.92. The molecule has 0 bridgehead atoms. The van der Waals surface area contributed by atoms with Crippen LogP contribution in [0.1, 0.15) is 53.6 Å². The van der Waals surface area contributed by atoms with Crippen molar-refractivity contribution in [3.05, 3.63) is 28.8 Å². The van der Waals surface area contributed by atoms with Gasteiger partial charge in [0.15, 0.2) is 6.61 Å². The van der Waals surface area contributed by atoms with Gasteiger partial charge in [-0.3, -0.25) is 9.59 Å². The molecule has 2 heterocycles. The first-order valence-electron chi connectivity index (χ1n) is 10.0. The molecule has 6 nitrogen and oxygen atoms in total. The van der Waals surface area contributed by atoms with Crippen LogP contribution in [0.2, 0.25) is 0 Å². The van der Waals surface area contributed by atoms with Crippen LogP contribution in [0.25, 0.3) is 0 Å². The van der Waals surface area contributed by atoms with Crippen molar-refractivity contribution >= 4 is 24.2 Å². The maximum absolute atomic E-state index is 12.8. The summed E-state index contributed by atoms with van der Waals surface area (Å²) in [5, 5.41) is 0. The van der Waals surface area contributed by atoms with Gasteiger partial charge >= 0.3 is 0 Å². The van der Waals surface area contributed by atoms with E-state index < -0.39 is 0 Å². The first-order valence-corrected chi connectivity index (χ1v) is 10.0. The number of hydrogen-bond acceptors (Lipinski definition) is 4. The maximum Gasteiger partial charge on any atom is 0.260 e. The van der Waals surface area contributed by atoms with Crippen LogP contribution in [0.5, 0.6) is 5.75 Å². The number of likely N-dealkylation sites (tertiary alicyclic amines) is 2. The third kappa shape index (κ3) is 5.39. The minimum Gasteiger partial charge on any atom is -0.483 e. The monoisotopic (exact) mass is 409 g/mol. The van der Waals surface area contributed by atoms with Gasteiger partial charge in [0, 0.05) is 37.8 Å². The molecule has 1 atom stereocenters. The van der Waals surface area contributed by atoms with Gasteiger partial charge in [-0.2, -0.15) is 0 Å². The van der Waals surface area contributed by atoms with E-state index in [9.17, 15) is 9.59 Å². The summed E-state index contributed by atoms with van der Waals surface area (Å²) in [7, 11) is 0. The molecule has 1 aromatic rings. The molecule has 1 aromatic carbocycles. The van der Waals surface area contributed by atoms with E-state index in [4.69, 9.17) is 10.5 Å². The van der Waals surface area contributed by atoms with Gasteiger partial charge in [0.25, 0.3) is 11.8 Å². The minimum atomic E-state index is 0. The van der Waals surface area contributed by atoms with E-state index in [2.05, 4.69) is 0 Å². The normalized spacial score (nSPS) is 19.8. The summed E-state index contributed by atoms with van der Waals surface area (Å²) in [6.07, 6.45) is 5.26. The number of nitrogens with zero attached hydrogens (tertiary/aromatic N) is 2. The molecule has 2 N–H and O–H groups in total. The van der Waals surface area contributed by atoms with Crippen molar-refractivity contribution in [1.82, 2.24) is 9.80 Å². The molecule has 7 heteroatoms. The molecule has 2 saturated heterocycles. The van der Waals surface area contributed by atoms with Crippen LogP contribution in [-0.4, -0.2) is 60.4 Å². The first-order chi connectivity index (χ1) is 13.0. The average Bonchev–Trinajstić information content (AvgIpc) is 2.67. The lowest BCUT2D eigenvalue weighted by Gasteiger charge is -2.31. The SMILES string of the molecule is Cc1cc(C(=O)N2CCCC(N)C2)cc(C)c1OCC(=O)N1CCCCC1.Cl. The number of amides is 2. The molecular formula is C21H32ClN3O3. The molecule has 156 valence electrons. The molecule has 0 saturated carbocycles. The van der Waals surface area contributed by atoms with Crippen molar-refractivity contribution in [2.75, 3.05) is 32.8 Å². The molecule has 0 aromatic heterocycles. The predicted octanol–water partition coefficient (Wildman–Crippen LogP) is 2.68. The van der Waals surface area contributed by atoms with E-state index in [-0.39, 0.29) is 36.9 Å². The average molecular weight is 410 g/mol. The number of hydrogen-bond donors (Lipinski definition) is 1. The standard InChI is InChI=1S/C21H31N3O3.ClH/c1-15-11-17(21(26)24-10-6-7-18(22)13-24)12-16(2)20(15)27-14-19(25)23-8-4-3-5-9-23;/h11-12,18H,3-10,13-14,22H2,1-2H3;1H. The van der Waals surface area contributed by atoms with Crippen molar-refractivity contribution in [3.8, 4) is 5.75 Å². The zero-order valence-corrected chi connectivity index (χ0v) is 17.7. The molecule has 1 unspecified atom stereocenters. The fraction of sp³-hybridized carbons (Fsp3) is 0.619. The molecular weight excluding hydrogens is 378 g/mol. The smallest absolute Gasteiger partial charge is 0.260 e. The second-order valence-corrected chi connectivity index (χ2v) is 7.82. The lowest BCUT2D eigenvalue weighted by Crippen LogP contribution is -2.45. The fourth-order valence-electron chi connectivity index (χ4n) is 4.05. The first kappa shape index (κ1) is 22.5. The van der Waals surface area contributed by atoms with Crippen molar-refractivity contribution in [3.63, 3.8) is 0 Å². The van der Waals surface area contributed by atoms with Crippen LogP contribution >= 0.6 is 12.4 Å². The van der Waals surface area contributed by atoms with Gasteiger partial charge in [-0.25, -0.2) is 0 Å². The largest absolute Gasteiger partial charge is 0.483 e. The van der Waals surface area contributed by atoms with E-state index in [1.807, 2.05) is 35.8 Å². The number of halogens is 1. The minimum absolute atomic E-state index is 0. The molecule has 3 rings (SSSR count). The summed E-state index contributed by atoms with van der Waals surface area (Å²) >= 11 is 0. The Morgan fingerprint density at radius 3 is 2.25 bits per heavy atom. The summed E-state index contributed by atoms with van der Waals surface area (Å²) in [6, 6.07) is 3.78. The third-order valence-corrected chi connectivity index (χ3v) is 5.50. The second kappa shape index (κ2) is 10.1. The number of rotatable bonds is 4. The van der Waals surface area contributed by atoms with Crippen molar-refractivity contribution in [1.29, 1.82) is 0 Å². The maximum atomic E-state index is 12.8. The van der Waals surface area contributed by atoms with Gasteiger partial charge in [-0.15, -0.1) is 12.4 Å². The number of piperidine rings is 2. The van der Waals surface area contributed by atoms with Crippen molar-refractivity contribution < 1.29 is 14.3 Å². The van der Waals surface area contributed by atoms with Crippen molar-refractivity contribution in [2.45, 2.75) is 52.0 Å². The van der Waals surface area contributed by atoms with Crippen LogP contribution < -0.4 is 10.5 Å². The van der Waals surface area contributed by atoms with Crippen LogP contribution in [0.4, 0.5) is 0 Å². The third-order valence-electron chi connectivity index (χ3n) is 5.50. The Bertz CT molecular complexity index is 681. The van der Waals surface area contributed by atoms with Gasteiger partial charge in [-0.1, -0.05) is 0 Å². The van der Waals surface area contributed by atoms with E-state index in [1.54, 1.807) is 0 Å². The highest BCUT2D eigenvalue weighted by Gasteiger charge is 2.24. The Hall–Kier alpha value is -1.79. The highest BCUT2D eigenvalue weighted by atomic mass is 35.5. The zero-order chi connectivity index (χ0) is 19.4. The molecule has 2 aliphatic heterocycles. The molecule has 2 aliphatic rings. The van der Waals surface area contributed by atoms with Gasteiger partial charge in [0.05, 0.1) is 0 Å². The number of benzene rings is 1. The van der Waals surface area contributed by atoms with E-state index in [0.29, 0.717) is 17.9 Å². The number of carbonyl (C=O) groups is 2. The molecule has 28 heavy (non-hydrogen) atoms. The van der Waals surface area contributed by atoms with Crippen LogP contribution in [0.15, 0.2) is 12.1 Å². The number of carbonyl (C=O) groups excluding carboxylic acids is 2. The van der Waals surface area contributed by atoms with E-state index in [0.717, 1.165) is 56.4 Å². The quantitative estimate of drug-likeness (QED) is 0.829. The predicted molar refractivity (Wildman–Crippen MR) is 112 cm³/mol. The fourth-order valence-corrected chi connectivity index (χ4v) is 4.05. The van der Waals surface area contributed by atoms with Crippen LogP contribution in [0, 0.1) is 13.8 Å². The second-order valence-electron chi connectivity index (χ2n) is 7.82. The summed E-state index contributed by atoms with van der Waals surface area (Å²) in [5.41, 5.74) is 8.43. The molecule has 2 amide bonds. The lowest BCUT2D eigenvalue weighted by atomic mass is 10.0. The highest BCUT2D eigenvalue weighted by molar-refractivity contribution is 5.95.